The van der Waals surface area contributed by atoms with Gasteiger partial charge in [-0.15, -0.1) is 0 Å². The maximum absolute atomic E-state index is 11.1. The monoisotopic (exact) mass is 314 g/mol. The van der Waals surface area contributed by atoms with Gasteiger partial charge in [0, 0.05) is 32.5 Å². The quantitative estimate of drug-likeness (QED) is 0.493. The summed E-state index contributed by atoms with van der Waals surface area (Å²) in [5, 5.41) is 3.92. The largest absolute Gasteiger partial charge is 0.469 e. The van der Waals surface area contributed by atoms with E-state index in [1.54, 1.807) is 0 Å². The summed E-state index contributed by atoms with van der Waals surface area (Å²) < 4.78 is 6.59. The van der Waals surface area contributed by atoms with E-state index in [0.717, 1.165) is 18.2 Å². The van der Waals surface area contributed by atoms with Crippen LogP contribution in [0, 0.1) is 0 Å². The average molecular weight is 315 g/mol. The van der Waals surface area contributed by atoms with Crippen LogP contribution >= 0.6 is 11.6 Å². The van der Waals surface area contributed by atoms with Gasteiger partial charge in [-0.25, -0.2) is 0 Å². The highest BCUT2D eigenvalue weighted by atomic mass is 35.5. The van der Waals surface area contributed by atoms with Gasteiger partial charge in [-0.3, -0.25) is 9.79 Å². The number of aromatic nitrogens is 1. The molecule has 118 valence electrons. The Kier molecular flexibility index (Phi) is 7.08. The van der Waals surface area contributed by atoms with Gasteiger partial charge in [0.05, 0.1) is 31.6 Å². The number of guanidine groups is 1. The maximum Gasteiger partial charge on any atom is 0.307 e. The number of nitrogens with one attached hydrogen (secondary N) is 1. The van der Waals surface area contributed by atoms with Gasteiger partial charge in [-0.2, -0.15) is 0 Å². The molecular formula is C14H23ClN4O2. The van der Waals surface area contributed by atoms with Crippen LogP contribution in [0.5, 0.6) is 0 Å². The predicted octanol–water partition coefficient (Wildman–Crippen LogP) is 1.64. The summed E-state index contributed by atoms with van der Waals surface area (Å²) in [6.07, 6.45) is 2.14. The highest BCUT2D eigenvalue weighted by Crippen LogP contribution is 2.14. The van der Waals surface area contributed by atoms with Crippen molar-refractivity contribution in [3.63, 3.8) is 0 Å². The van der Waals surface area contributed by atoms with Crippen molar-refractivity contribution >= 4 is 23.5 Å². The van der Waals surface area contributed by atoms with Gasteiger partial charge in [0.25, 0.3) is 0 Å². The van der Waals surface area contributed by atoms with Crippen LogP contribution in [-0.4, -0.2) is 48.6 Å². The van der Waals surface area contributed by atoms with Gasteiger partial charge in [0.15, 0.2) is 5.96 Å². The number of hydrogen-bond acceptors (Lipinski definition) is 3. The van der Waals surface area contributed by atoms with E-state index in [1.165, 1.54) is 7.11 Å². The highest BCUT2D eigenvalue weighted by molar-refractivity contribution is 6.30. The van der Waals surface area contributed by atoms with Gasteiger partial charge in [-0.1, -0.05) is 11.6 Å². The summed E-state index contributed by atoms with van der Waals surface area (Å²) in [4.78, 5) is 17.5. The third-order valence-electron chi connectivity index (χ3n) is 2.98. The molecule has 0 aliphatic rings. The lowest BCUT2D eigenvalue weighted by molar-refractivity contribution is -0.140. The molecule has 0 radical (unpaired) electrons. The highest BCUT2D eigenvalue weighted by Gasteiger charge is 2.10. The number of carbonyl (C=O) groups excluding carboxylic acids is 1. The van der Waals surface area contributed by atoms with Gasteiger partial charge in [0.2, 0.25) is 0 Å². The lowest BCUT2D eigenvalue weighted by Crippen LogP contribution is -2.39. The number of esters is 1. The number of nitrogens with zero attached hydrogens (tertiary/aromatic N) is 3. The summed E-state index contributed by atoms with van der Waals surface area (Å²) in [5.41, 5.74) is 1.08. The third kappa shape index (κ3) is 5.67. The zero-order valence-electron chi connectivity index (χ0n) is 13.0. The first kappa shape index (κ1) is 17.4. The van der Waals surface area contributed by atoms with E-state index in [4.69, 9.17) is 11.6 Å². The maximum atomic E-state index is 11.1. The van der Waals surface area contributed by atoms with Crippen molar-refractivity contribution in [1.29, 1.82) is 0 Å². The van der Waals surface area contributed by atoms with Crippen LogP contribution in [0.2, 0.25) is 5.02 Å². The molecule has 1 aromatic rings. The fourth-order valence-corrected chi connectivity index (χ4v) is 2.14. The zero-order valence-corrected chi connectivity index (χ0v) is 13.8. The summed E-state index contributed by atoms with van der Waals surface area (Å²) in [7, 11) is 5.28. The SMILES string of the molecule is CCNC(=NCCC(=O)OC)N(C)Cc1cc(Cl)cn1C. The van der Waals surface area contributed by atoms with Crippen molar-refractivity contribution in [3.8, 4) is 0 Å². The minimum absolute atomic E-state index is 0.258. The Bertz CT molecular complexity index is 499. The molecule has 0 bridgehead atoms. The Hall–Kier alpha value is -1.69. The molecule has 7 heteroatoms. The molecule has 1 N–H and O–H groups in total. The summed E-state index contributed by atoms with van der Waals surface area (Å²) in [6, 6.07) is 1.93. The van der Waals surface area contributed by atoms with E-state index in [2.05, 4.69) is 15.0 Å². The molecule has 0 saturated carbocycles. The number of methoxy groups -OCH3 is 1. The zero-order chi connectivity index (χ0) is 15.8. The van der Waals surface area contributed by atoms with Crippen LogP contribution in [0.15, 0.2) is 17.3 Å². The first-order valence-corrected chi connectivity index (χ1v) is 7.22. The minimum atomic E-state index is -0.258. The fraction of sp³-hybridized carbons (Fsp3) is 0.571. The minimum Gasteiger partial charge on any atom is -0.469 e. The number of aliphatic imine (C=N–C) groups is 1. The molecule has 0 fully saturated rings. The Balaban J connectivity index is 2.68. The predicted molar refractivity (Wildman–Crippen MR) is 84.5 cm³/mol. The van der Waals surface area contributed by atoms with Crippen molar-refractivity contribution < 1.29 is 9.53 Å². The Morgan fingerprint density at radius 3 is 2.81 bits per heavy atom. The average Bonchev–Trinajstić information content (AvgIpc) is 2.75. The molecule has 21 heavy (non-hydrogen) atoms. The molecule has 0 aromatic carbocycles. The van der Waals surface area contributed by atoms with Gasteiger partial charge < -0.3 is 19.5 Å². The molecular weight excluding hydrogens is 292 g/mol. The second-order valence-electron chi connectivity index (χ2n) is 4.68. The number of halogens is 1. The van der Waals surface area contributed by atoms with Crippen LogP contribution in [0.4, 0.5) is 0 Å². The van der Waals surface area contributed by atoms with Crippen molar-refractivity contribution in [3.05, 3.63) is 23.0 Å². The Morgan fingerprint density at radius 2 is 2.29 bits per heavy atom. The lowest BCUT2D eigenvalue weighted by atomic mass is 10.4. The van der Waals surface area contributed by atoms with E-state index < -0.39 is 0 Å². The van der Waals surface area contributed by atoms with Crippen molar-refractivity contribution in [2.75, 3.05) is 27.2 Å². The van der Waals surface area contributed by atoms with Crippen LogP contribution in [0.25, 0.3) is 0 Å². The van der Waals surface area contributed by atoms with Crippen LogP contribution in [-0.2, 0) is 23.1 Å². The number of hydrogen-bond donors (Lipinski definition) is 1. The third-order valence-corrected chi connectivity index (χ3v) is 3.18. The molecule has 0 atom stereocenters. The molecule has 0 saturated heterocycles. The molecule has 0 amide bonds. The second-order valence-corrected chi connectivity index (χ2v) is 5.11. The number of ether oxygens (including phenoxy) is 1. The summed E-state index contributed by atoms with van der Waals surface area (Å²) >= 11 is 5.99. The van der Waals surface area contributed by atoms with Gasteiger partial charge in [0.1, 0.15) is 0 Å². The van der Waals surface area contributed by atoms with Gasteiger partial charge >= 0.3 is 5.97 Å². The van der Waals surface area contributed by atoms with Crippen LogP contribution < -0.4 is 5.32 Å². The van der Waals surface area contributed by atoms with Crippen LogP contribution in [0.3, 0.4) is 0 Å². The molecule has 0 unspecified atom stereocenters. The lowest BCUT2D eigenvalue weighted by Gasteiger charge is -2.22. The van der Waals surface area contributed by atoms with Gasteiger partial charge in [-0.05, 0) is 13.0 Å². The Morgan fingerprint density at radius 1 is 1.57 bits per heavy atom. The Labute approximate surface area is 130 Å². The van der Waals surface area contributed by atoms with E-state index >= 15 is 0 Å². The number of rotatable bonds is 6. The molecule has 0 spiro atoms. The van der Waals surface area contributed by atoms with E-state index in [1.807, 2.05) is 42.7 Å². The first-order valence-electron chi connectivity index (χ1n) is 6.85. The smallest absolute Gasteiger partial charge is 0.307 e. The molecule has 1 rings (SSSR count). The van der Waals surface area contributed by atoms with E-state index in [-0.39, 0.29) is 12.4 Å². The van der Waals surface area contributed by atoms with Crippen molar-refractivity contribution in [1.82, 2.24) is 14.8 Å². The molecule has 1 heterocycles. The standard InChI is InChI=1S/C14H23ClN4O2/c1-5-16-14(17-7-6-13(20)21-4)19(3)10-12-8-11(15)9-18(12)2/h8-9H,5-7,10H2,1-4H3,(H,16,17). The summed E-state index contributed by atoms with van der Waals surface area (Å²) in [6.45, 7) is 3.83. The second kappa shape index (κ2) is 8.56. The van der Waals surface area contributed by atoms with E-state index in [9.17, 15) is 4.79 Å². The van der Waals surface area contributed by atoms with Crippen LogP contribution in [0.1, 0.15) is 19.0 Å². The summed E-state index contributed by atoms with van der Waals surface area (Å²) in [5.74, 6) is 0.491. The van der Waals surface area contributed by atoms with Crippen molar-refractivity contribution in [2.24, 2.45) is 12.0 Å². The first-order chi connectivity index (χ1) is 9.97. The molecule has 1 aromatic heterocycles. The molecule has 6 nitrogen and oxygen atoms in total. The molecule has 0 aliphatic carbocycles. The van der Waals surface area contributed by atoms with E-state index in [0.29, 0.717) is 18.1 Å². The molecule has 0 aliphatic heterocycles. The normalized spacial score (nSPS) is 11.4. The van der Waals surface area contributed by atoms with Crippen molar-refractivity contribution in [2.45, 2.75) is 19.9 Å². The fourth-order valence-electron chi connectivity index (χ4n) is 1.87. The number of aryl methyl sites for hydroxylation is 1. The topological polar surface area (TPSA) is 58.9 Å². The number of carbonyl (C=O) groups is 1.